The molecule has 0 fully saturated rings. The van der Waals surface area contributed by atoms with Gasteiger partial charge in [-0.05, 0) is 116 Å². The van der Waals surface area contributed by atoms with E-state index in [9.17, 15) is 0 Å². The predicted molar refractivity (Wildman–Crippen MR) is 255 cm³/mol. The van der Waals surface area contributed by atoms with E-state index in [1.807, 2.05) is 0 Å². The molecular weight excluding hydrogens is 737 g/mol. The van der Waals surface area contributed by atoms with Crippen molar-refractivity contribution in [2.24, 2.45) is 0 Å². The Labute approximate surface area is 356 Å². The zero-order chi connectivity index (χ0) is 40.6. The SMILES string of the molecule is CC1(C)c2ccccc2-c2c(-c3ccccc3N3c4cc(-c5ccc6c7ccccc7n(-c7ccccc7)c6c5)ccc4C4(C)c5ccccc5-c5cccc3c54)cccc21. The largest absolute Gasteiger partial charge is 0.309 e. The highest BCUT2D eigenvalue weighted by Gasteiger charge is 2.48. The molecule has 0 spiro atoms. The molecule has 0 bridgehead atoms. The van der Waals surface area contributed by atoms with Gasteiger partial charge in [0.15, 0.2) is 0 Å². The molecule has 0 amide bonds. The first-order chi connectivity index (χ1) is 29.9. The number of hydrogen-bond acceptors (Lipinski definition) is 1. The molecule has 1 unspecified atom stereocenters. The monoisotopic (exact) mass is 778 g/mol. The van der Waals surface area contributed by atoms with Gasteiger partial charge in [-0.2, -0.15) is 0 Å². The molecule has 0 saturated heterocycles. The molecule has 61 heavy (non-hydrogen) atoms. The Morgan fingerprint density at radius 3 is 1.84 bits per heavy atom. The van der Waals surface area contributed by atoms with E-state index in [2.05, 4.69) is 230 Å². The standard InChI is InChI=1S/C59H42N2/c1-58(2)47-25-11-8-22-46(47)56-44(23-15-27-50(56)58)42-21-10-14-29-52(42)61-53-30-16-24-45-40-19-7-12-26-48(40)59(3,57(45)53)49-34-32-38(36-55(49)61)37-31-33-43-41-20-9-13-28-51(41)60(54(43)35-37)39-17-5-4-6-18-39/h4-36H,1-3H3. The van der Waals surface area contributed by atoms with Gasteiger partial charge in [0.2, 0.25) is 0 Å². The zero-order valence-electron chi connectivity index (χ0n) is 34.4. The maximum absolute atomic E-state index is 2.59. The van der Waals surface area contributed by atoms with E-state index in [-0.39, 0.29) is 10.8 Å². The smallest absolute Gasteiger partial charge is 0.0547 e. The highest BCUT2D eigenvalue weighted by atomic mass is 15.2. The second-order valence-corrected chi connectivity index (χ2v) is 17.8. The van der Waals surface area contributed by atoms with Crippen LogP contribution in [-0.2, 0) is 10.8 Å². The van der Waals surface area contributed by atoms with E-state index < -0.39 is 0 Å². The zero-order valence-corrected chi connectivity index (χ0v) is 34.4. The summed E-state index contributed by atoms with van der Waals surface area (Å²) >= 11 is 0. The summed E-state index contributed by atoms with van der Waals surface area (Å²) in [5.41, 5.74) is 23.9. The van der Waals surface area contributed by atoms with Crippen molar-refractivity contribution in [3.63, 3.8) is 0 Å². The molecule has 288 valence electrons. The third-order valence-corrected chi connectivity index (χ3v) is 14.4. The van der Waals surface area contributed by atoms with Crippen molar-refractivity contribution >= 4 is 38.9 Å². The summed E-state index contributed by atoms with van der Waals surface area (Å²) in [6, 6.07) is 74.9. The van der Waals surface area contributed by atoms with Crippen LogP contribution >= 0.6 is 0 Å². The van der Waals surface area contributed by atoms with E-state index in [0.29, 0.717) is 0 Å². The number of nitrogens with zero attached hydrogens (tertiary/aromatic N) is 2. The van der Waals surface area contributed by atoms with Gasteiger partial charge in [-0.1, -0.05) is 172 Å². The minimum absolute atomic E-state index is 0.0926. The minimum Gasteiger partial charge on any atom is -0.309 e. The van der Waals surface area contributed by atoms with E-state index in [4.69, 9.17) is 0 Å². The van der Waals surface area contributed by atoms with Crippen molar-refractivity contribution in [3.05, 3.63) is 228 Å². The summed E-state index contributed by atoms with van der Waals surface area (Å²) in [7, 11) is 0. The van der Waals surface area contributed by atoms with Crippen LogP contribution in [0.1, 0.15) is 48.6 Å². The van der Waals surface area contributed by atoms with Gasteiger partial charge >= 0.3 is 0 Å². The first-order valence-electron chi connectivity index (χ1n) is 21.5. The fourth-order valence-corrected chi connectivity index (χ4v) is 11.6. The highest BCUT2D eigenvalue weighted by Crippen LogP contribution is 2.63. The molecule has 1 aliphatic heterocycles. The van der Waals surface area contributed by atoms with Crippen molar-refractivity contribution in [1.82, 2.24) is 4.57 Å². The highest BCUT2D eigenvalue weighted by molar-refractivity contribution is 6.10. The molecule has 2 nitrogen and oxygen atoms in total. The fraction of sp³-hybridized carbons (Fsp3) is 0.0847. The molecule has 0 radical (unpaired) electrons. The molecule has 2 heterocycles. The predicted octanol–water partition coefficient (Wildman–Crippen LogP) is 15.5. The Morgan fingerprint density at radius 2 is 0.967 bits per heavy atom. The number of hydrogen-bond donors (Lipinski definition) is 0. The van der Waals surface area contributed by atoms with Crippen LogP contribution < -0.4 is 4.90 Å². The number of anilines is 3. The Morgan fingerprint density at radius 1 is 0.361 bits per heavy atom. The molecular formula is C59H42N2. The number of para-hydroxylation sites is 3. The topological polar surface area (TPSA) is 8.17 Å². The second kappa shape index (κ2) is 12.3. The average Bonchev–Trinajstić information content (AvgIpc) is 3.88. The van der Waals surface area contributed by atoms with Crippen LogP contribution in [-0.4, -0.2) is 4.57 Å². The molecule has 0 saturated carbocycles. The van der Waals surface area contributed by atoms with Gasteiger partial charge in [0, 0.05) is 32.9 Å². The maximum Gasteiger partial charge on any atom is 0.0547 e. The lowest BCUT2D eigenvalue weighted by molar-refractivity contribution is 0.660. The quantitative estimate of drug-likeness (QED) is 0.173. The third kappa shape index (κ3) is 4.52. The van der Waals surface area contributed by atoms with Gasteiger partial charge in [0.25, 0.3) is 0 Å². The van der Waals surface area contributed by atoms with Crippen molar-refractivity contribution in [1.29, 1.82) is 0 Å². The normalized spacial score (nSPS) is 16.3. The van der Waals surface area contributed by atoms with Gasteiger partial charge in [-0.25, -0.2) is 0 Å². The molecule has 1 aromatic heterocycles. The Balaban J connectivity index is 1.08. The lowest BCUT2D eigenvalue weighted by Gasteiger charge is -2.43. The van der Waals surface area contributed by atoms with Crippen molar-refractivity contribution in [3.8, 4) is 50.2 Å². The van der Waals surface area contributed by atoms with Crippen LogP contribution in [0.2, 0.25) is 0 Å². The van der Waals surface area contributed by atoms with E-state index in [1.165, 1.54) is 111 Å². The second-order valence-electron chi connectivity index (χ2n) is 17.8. The van der Waals surface area contributed by atoms with Gasteiger partial charge in [-0.3, -0.25) is 0 Å². The Bertz CT molecular complexity index is 3480. The molecule has 2 heteroatoms. The molecule has 2 aliphatic carbocycles. The summed E-state index contributed by atoms with van der Waals surface area (Å²) in [6.45, 7) is 7.20. The van der Waals surface area contributed by atoms with Crippen LogP contribution in [0.5, 0.6) is 0 Å². The van der Waals surface area contributed by atoms with Crippen LogP contribution in [0, 0.1) is 0 Å². The number of aromatic nitrogens is 1. The maximum atomic E-state index is 2.59. The van der Waals surface area contributed by atoms with Crippen molar-refractivity contribution in [2.45, 2.75) is 31.6 Å². The van der Waals surface area contributed by atoms with E-state index >= 15 is 0 Å². The number of fused-ring (bicyclic) bond motifs is 11. The Kier molecular flexibility index (Phi) is 6.95. The Hall–Kier alpha value is -7.42. The number of benzene rings is 9. The summed E-state index contributed by atoms with van der Waals surface area (Å²) in [6.07, 6.45) is 0. The van der Waals surface area contributed by atoms with Crippen LogP contribution in [0.25, 0.3) is 72.0 Å². The summed E-state index contributed by atoms with van der Waals surface area (Å²) in [5.74, 6) is 0. The molecule has 3 aliphatic rings. The van der Waals surface area contributed by atoms with Gasteiger partial charge < -0.3 is 9.47 Å². The van der Waals surface area contributed by atoms with Crippen molar-refractivity contribution in [2.75, 3.05) is 4.90 Å². The molecule has 10 aromatic rings. The lowest BCUT2D eigenvalue weighted by atomic mass is 9.70. The first kappa shape index (κ1) is 34.4. The van der Waals surface area contributed by atoms with Crippen LogP contribution in [0.4, 0.5) is 17.1 Å². The average molecular weight is 779 g/mol. The van der Waals surface area contributed by atoms with Gasteiger partial charge in [-0.15, -0.1) is 0 Å². The van der Waals surface area contributed by atoms with Crippen LogP contribution in [0.3, 0.4) is 0 Å². The fourth-order valence-electron chi connectivity index (χ4n) is 11.6. The van der Waals surface area contributed by atoms with E-state index in [1.54, 1.807) is 0 Å². The third-order valence-electron chi connectivity index (χ3n) is 14.4. The molecule has 0 N–H and O–H groups in total. The van der Waals surface area contributed by atoms with E-state index in [0.717, 1.165) is 5.69 Å². The molecule has 13 rings (SSSR count). The van der Waals surface area contributed by atoms with Crippen LogP contribution in [0.15, 0.2) is 200 Å². The van der Waals surface area contributed by atoms with Crippen molar-refractivity contribution < 1.29 is 0 Å². The number of rotatable bonds is 4. The molecule has 9 aromatic carbocycles. The summed E-state index contributed by atoms with van der Waals surface area (Å²) < 4.78 is 2.42. The molecule has 1 atom stereocenters. The van der Waals surface area contributed by atoms with Gasteiger partial charge in [0.05, 0.1) is 28.1 Å². The van der Waals surface area contributed by atoms with Gasteiger partial charge in [0.1, 0.15) is 0 Å². The summed E-state index contributed by atoms with van der Waals surface area (Å²) in [4.78, 5) is 2.59. The first-order valence-corrected chi connectivity index (χ1v) is 21.5. The summed E-state index contributed by atoms with van der Waals surface area (Å²) in [5, 5.41) is 2.52. The minimum atomic E-state index is -0.331. The lowest BCUT2D eigenvalue weighted by Crippen LogP contribution is -2.32.